The van der Waals surface area contributed by atoms with Gasteiger partial charge in [0.05, 0.1) is 0 Å². The number of aromatic nitrogens is 3. The first-order chi connectivity index (χ1) is 15.5. The predicted octanol–water partition coefficient (Wildman–Crippen LogP) is 2.85. The molecule has 6 N–H and O–H groups in total. The fourth-order valence-corrected chi connectivity index (χ4v) is 2.04. The van der Waals surface area contributed by atoms with Crippen molar-refractivity contribution in [2.45, 2.75) is 20.8 Å². The van der Waals surface area contributed by atoms with Crippen molar-refractivity contribution < 1.29 is 15.3 Å². The summed E-state index contributed by atoms with van der Waals surface area (Å²) in [5, 5.41) is 26.3. The van der Waals surface area contributed by atoms with Crippen LogP contribution in [0.2, 0.25) is 0 Å². The maximum atomic E-state index is 10.2. The Balaban J connectivity index is 0.000000220. The molecule has 0 aliphatic carbocycles. The van der Waals surface area contributed by atoms with Gasteiger partial charge >= 0.3 is 17.1 Å². The van der Waals surface area contributed by atoms with Crippen LogP contribution in [0.3, 0.4) is 0 Å². The highest BCUT2D eigenvalue weighted by molar-refractivity contribution is 5.25. The van der Waals surface area contributed by atoms with Crippen molar-refractivity contribution in [3.8, 4) is 17.2 Å². The lowest BCUT2D eigenvalue weighted by atomic mass is 10.2. The number of nitrogens with one attached hydrogen (secondary N) is 3. The Morgan fingerprint density at radius 2 is 0.606 bits per heavy atom. The molecule has 0 aliphatic heterocycles. The summed E-state index contributed by atoms with van der Waals surface area (Å²) in [5.74, 6) is 0.988. The summed E-state index contributed by atoms with van der Waals surface area (Å²) in [4.78, 5) is 35.9. The summed E-state index contributed by atoms with van der Waals surface area (Å²) < 4.78 is 0. The Bertz CT molecular complexity index is 1010. The lowest BCUT2D eigenvalue weighted by Gasteiger charge is -1.89. The molecule has 4 rings (SSSR count). The zero-order valence-corrected chi connectivity index (χ0v) is 18.5. The number of H-pyrrole nitrogens is 3. The normalized spacial score (nSPS) is 9.18. The van der Waals surface area contributed by atoms with Crippen LogP contribution in [0.25, 0.3) is 0 Å². The van der Waals surface area contributed by atoms with E-state index >= 15 is 0 Å². The number of hydrogen-bond donors (Lipinski definition) is 6. The second-order valence-electron chi connectivity index (χ2n) is 6.87. The molecule has 174 valence electrons. The van der Waals surface area contributed by atoms with Crippen LogP contribution in [0.5, 0.6) is 17.2 Å². The first-order valence-electron chi connectivity index (χ1n) is 9.75. The van der Waals surface area contributed by atoms with E-state index < -0.39 is 17.1 Å². The minimum atomic E-state index is -0.802. The molecule has 0 aliphatic rings. The Labute approximate surface area is 189 Å². The van der Waals surface area contributed by atoms with Gasteiger partial charge in [0.15, 0.2) is 0 Å². The van der Waals surface area contributed by atoms with Crippen LogP contribution in [0.15, 0.2) is 87.2 Å². The zero-order chi connectivity index (χ0) is 24.8. The third-order valence-corrected chi connectivity index (χ3v) is 3.78. The molecule has 0 bridgehead atoms. The third-order valence-electron chi connectivity index (χ3n) is 3.78. The van der Waals surface area contributed by atoms with E-state index in [4.69, 9.17) is 15.3 Å². The molecule has 4 aromatic rings. The number of aromatic hydroxyl groups is 3. The topological polar surface area (TPSA) is 159 Å². The average Bonchev–Trinajstić information content (AvgIpc) is 2.75. The monoisotopic (exact) mass is 453 g/mol. The Hall–Kier alpha value is -4.53. The number of phenolic OH excluding ortho intramolecular Hbond substituents is 3. The molecule has 0 amide bonds. The lowest BCUT2D eigenvalue weighted by molar-refractivity contribution is 0.474. The van der Waals surface area contributed by atoms with Gasteiger partial charge in [-0.25, -0.2) is 14.4 Å². The fraction of sp³-hybridized carbons (Fsp3) is 0.125. The first kappa shape index (κ1) is 26.5. The highest BCUT2D eigenvalue weighted by atomic mass is 16.3. The van der Waals surface area contributed by atoms with Gasteiger partial charge in [0.1, 0.15) is 17.2 Å². The maximum Gasteiger partial charge on any atom is 0.330 e. The smallest absolute Gasteiger partial charge is 0.330 e. The minimum absolute atomic E-state index is 0.329. The van der Waals surface area contributed by atoms with Gasteiger partial charge in [-0.15, -0.1) is 0 Å². The van der Waals surface area contributed by atoms with Crippen LogP contribution in [-0.2, 0) is 0 Å². The highest BCUT2D eigenvalue weighted by Gasteiger charge is 1.85. The number of rotatable bonds is 0. The van der Waals surface area contributed by atoms with Gasteiger partial charge in [-0.1, -0.05) is 53.1 Å². The zero-order valence-electron chi connectivity index (χ0n) is 18.5. The molecule has 0 spiro atoms. The van der Waals surface area contributed by atoms with Gasteiger partial charge in [0.25, 0.3) is 0 Å². The van der Waals surface area contributed by atoms with E-state index in [0.717, 1.165) is 0 Å². The molecule has 1 heterocycles. The standard InChI is InChI=1S/3C7H8O.C3H3N3O3/c3*1-6-2-4-7(8)5-3-6;7-1-4-2(8)6-3(9)5-1/h3*2-5,8H,1H3;(H3,4,5,6,7,8,9). The molecule has 3 aromatic carbocycles. The molecule has 0 fully saturated rings. The molecule has 33 heavy (non-hydrogen) atoms. The van der Waals surface area contributed by atoms with Crippen LogP contribution in [0, 0.1) is 20.8 Å². The van der Waals surface area contributed by atoms with E-state index in [1.54, 1.807) is 51.4 Å². The van der Waals surface area contributed by atoms with Crippen molar-refractivity contribution in [1.82, 2.24) is 15.0 Å². The van der Waals surface area contributed by atoms with E-state index in [1.807, 2.05) is 57.2 Å². The Morgan fingerprint density at radius 1 is 0.424 bits per heavy atom. The third kappa shape index (κ3) is 12.7. The van der Waals surface area contributed by atoms with Crippen LogP contribution >= 0.6 is 0 Å². The molecule has 0 unspecified atom stereocenters. The van der Waals surface area contributed by atoms with Crippen LogP contribution in [0.4, 0.5) is 0 Å². The lowest BCUT2D eigenvalue weighted by Crippen LogP contribution is -2.34. The summed E-state index contributed by atoms with van der Waals surface area (Å²) in [6.45, 7) is 5.96. The maximum absolute atomic E-state index is 10.2. The molecule has 1 aromatic heterocycles. The summed E-state index contributed by atoms with van der Waals surface area (Å²) in [6.07, 6.45) is 0. The van der Waals surface area contributed by atoms with Gasteiger partial charge in [-0.3, -0.25) is 15.0 Å². The first-order valence-corrected chi connectivity index (χ1v) is 9.75. The van der Waals surface area contributed by atoms with Gasteiger partial charge < -0.3 is 15.3 Å². The summed E-state index contributed by atoms with van der Waals surface area (Å²) in [6, 6.07) is 21.3. The quantitative estimate of drug-likeness (QED) is 0.240. The molecule has 9 nitrogen and oxygen atoms in total. The largest absolute Gasteiger partial charge is 0.508 e. The van der Waals surface area contributed by atoms with Gasteiger partial charge in [0, 0.05) is 0 Å². The van der Waals surface area contributed by atoms with Gasteiger partial charge in [0.2, 0.25) is 0 Å². The average molecular weight is 453 g/mol. The van der Waals surface area contributed by atoms with E-state index in [2.05, 4.69) is 0 Å². The summed E-state index contributed by atoms with van der Waals surface area (Å²) in [5.41, 5.74) is 1.10. The van der Waals surface area contributed by atoms with Crippen molar-refractivity contribution >= 4 is 0 Å². The predicted molar refractivity (Wildman–Crippen MR) is 127 cm³/mol. The minimum Gasteiger partial charge on any atom is -0.508 e. The van der Waals surface area contributed by atoms with Crippen LogP contribution < -0.4 is 17.1 Å². The molecule has 9 heteroatoms. The summed E-state index contributed by atoms with van der Waals surface area (Å²) in [7, 11) is 0. The number of hydrogen-bond acceptors (Lipinski definition) is 6. The van der Waals surface area contributed by atoms with Crippen LogP contribution in [-0.4, -0.2) is 30.3 Å². The van der Waals surface area contributed by atoms with E-state index in [-0.39, 0.29) is 0 Å². The SMILES string of the molecule is Cc1ccc(O)cc1.Cc1ccc(O)cc1.Cc1ccc(O)cc1.O=c1[nH]c(=O)[nH]c(=O)[nH]1. The van der Waals surface area contributed by atoms with Crippen molar-refractivity contribution in [2.75, 3.05) is 0 Å². The highest BCUT2D eigenvalue weighted by Crippen LogP contribution is 2.08. The number of aromatic amines is 3. The number of benzene rings is 3. The molecule has 0 saturated carbocycles. The second-order valence-corrected chi connectivity index (χ2v) is 6.87. The fourth-order valence-electron chi connectivity index (χ4n) is 2.04. The summed E-state index contributed by atoms with van der Waals surface area (Å²) >= 11 is 0. The van der Waals surface area contributed by atoms with E-state index in [0.29, 0.717) is 17.2 Å². The molecule has 0 radical (unpaired) electrons. The second kappa shape index (κ2) is 13.7. The van der Waals surface area contributed by atoms with Crippen molar-refractivity contribution in [3.05, 3.63) is 121 Å². The van der Waals surface area contributed by atoms with Gasteiger partial charge in [-0.2, -0.15) is 0 Å². The molecular formula is C24H27N3O6. The molecule has 0 atom stereocenters. The van der Waals surface area contributed by atoms with Crippen molar-refractivity contribution in [1.29, 1.82) is 0 Å². The number of phenols is 3. The molecular weight excluding hydrogens is 426 g/mol. The van der Waals surface area contributed by atoms with Crippen molar-refractivity contribution in [3.63, 3.8) is 0 Å². The molecule has 0 saturated heterocycles. The van der Waals surface area contributed by atoms with Gasteiger partial charge in [-0.05, 0) is 57.2 Å². The van der Waals surface area contributed by atoms with Crippen LogP contribution in [0.1, 0.15) is 16.7 Å². The Morgan fingerprint density at radius 3 is 0.758 bits per heavy atom. The Kier molecular flexibility index (Phi) is 11.0. The van der Waals surface area contributed by atoms with E-state index in [9.17, 15) is 14.4 Å². The van der Waals surface area contributed by atoms with Crippen molar-refractivity contribution in [2.24, 2.45) is 0 Å². The number of aryl methyl sites for hydroxylation is 3. The van der Waals surface area contributed by atoms with E-state index in [1.165, 1.54) is 16.7 Å².